The van der Waals surface area contributed by atoms with Crippen LogP contribution >= 0.6 is 15.9 Å². The van der Waals surface area contributed by atoms with Gasteiger partial charge in [-0.25, -0.2) is 4.98 Å². The second kappa shape index (κ2) is 4.57. The van der Waals surface area contributed by atoms with Gasteiger partial charge in [-0.3, -0.25) is 4.79 Å². The van der Waals surface area contributed by atoms with E-state index < -0.39 is 0 Å². The summed E-state index contributed by atoms with van der Waals surface area (Å²) < 4.78 is 0.887. The normalized spacial score (nSPS) is 15.4. The van der Waals surface area contributed by atoms with Gasteiger partial charge in [0, 0.05) is 23.8 Å². The second-order valence-electron chi connectivity index (χ2n) is 3.37. The third-order valence-corrected chi connectivity index (χ3v) is 2.76. The van der Waals surface area contributed by atoms with E-state index in [2.05, 4.69) is 27.0 Å². The highest BCUT2D eigenvalue weighted by Crippen LogP contribution is 2.10. The molecule has 2 rings (SSSR count). The van der Waals surface area contributed by atoms with Crippen molar-refractivity contribution in [1.82, 2.24) is 9.88 Å². The second-order valence-corrected chi connectivity index (χ2v) is 4.29. The van der Waals surface area contributed by atoms with Crippen LogP contribution in [0.2, 0.25) is 0 Å². The van der Waals surface area contributed by atoms with E-state index in [0.717, 1.165) is 17.4 Å². The van der Waals surface area contributed by atoms with Crippen molar-refractivity contribution in [1.29, 1.82) is 0 Å². The smallest absolute Gasteiger partial charge is 0.272 e. The van der Waals surface area contributed by atoms with Gasteiger partial charge < -0.3 is 4.90 Å². The summed E-state index contributed by atoms with van der Waals surface area (Å²) in [5.74, 6) is 0.00634. The summed E-state index contributed by atoms with van der Waals surface area (Å²) in [6, 6.07) is 3.57. The quantitative estimate of drug-likeness (QED) is 0.731. The zero-order chi connectivity index (χ0) is 10.7. The van der Waals surface area contributed by atoms with Crippen LogP contribution in [0.1, 0.15) is 16.9 Å². The highest BCUT2D eigenvalue weighted by Gasteiger charge is 2.16. The number of halogens is 1. The maximum absolute atomic E-state index is 11.9. The Bertz CT molecular complexity index is 386. The van der Waals surface area contributed by atoms with Crippen molar-refractivity contribution in [3.05, 3.63) is 40.6 Å². The standard InChI is InChI=1S/C11H11BrN2O/c12-9-4-5-10(13-8-9)11(15)14-6-2-1-3-7-14/h1-2,4-5,8H,3,6-7H2. The molecule has 4 heteroatoms. The Hall–Kier alpha value is -1.16. The highest BCUT2D eigenvalue weighted by molar-refractivity contribution is 9.10. The van der Waals surface area contributed by atoms with E-state index in [1.807, 2.05) is 12.1 Å². The molecule has 0 N–H and O–H groups in total. The van der Waals surface area contributed by atoms with E-state index in [1.165, 1.54) is 0 Å². The Kier molecular flexibility index (Phi) is 3.16. The molecule has 1 aliphatic heterocycles. The topological polar surface area (TPSA) is 33.2 Å². The molecule has 15 heavy (non-hydrogen) atoms. The number of rotatable bonds is 1. The van der Waals surface area contributed by atoms with Crippen molar-refractivity contribution in [2.75, 3.05) is 13.1 Å². The maximum Gasteiger partial charge on any atom is 0.272 e. The molecule has 2 heterocycles. The third kappa shape index (κ3) is 2.45. The van der Waals surface area contributed by atoms with E-state index >= 15 is 0 Å². The van der Waals surface area contributed by atoms with Crippen molar-refractivity contribution in [3.63, 3.8) is 0 Å². The van der Waals surface area contributed by atoms with Crippen LogP contribution in [0.3, 0.4) is 0 Å². The molecule has 3 nitrogen and oxygen atoms in total. The SMILES string of the molecule is O=C(c1ccc(Br)cn1)N1CC=CCC1. The van der Waals surface area contributed by atoms with Crippen molar-refractivity contribution >= 4 is 21.8 Å². The van der Waals surface area contributed by atoms with Crippen molar-refractivity contribution in [3.8, 4) is 0 Å². The van der Waals surface area contributed by atoms with E-state index in [0.29, 0.717) is 12.2 Å². The van der Waals surface area contributed by atoms with E-state index in [-0.39, 0.29) is 5.91 Å². The number of aromatic nitrogens is 1. The van der Waals surface area contributed by atoms with Gasteiger partial charge in [-0.05, 0) is 34.5 Å². The molecule has 0 saturated carbocycles. The largest absolute Gasteiger partial charge is 0.333 e. The number of carbonyl (C=O) groups excluding carboxylic acids is 1. The van der Waals surface area contributed by atoms with Crippen LogP contribution in [0.25, 0.3) is 0 Å². The van der Waals surface area contributed by atoms with Gasteiger partial charge in [-0.1, -0.05) is 12.2 Å². The first-order valence-corrected chi connectivity index (χ1v) is 5.62. The zero-order valence-electron chi connectivity index (χ0n) is 8.19. The van der Waals surface area contributed by atoms with Crippen molar-refractivity contribution in [2.45, 2.75) is 6.42 Å². The van der Waals surface area contributed by atoms with E-state index in [1.54, 1.807) is 17.2 Å². The van der Waals surface area contributed by atoms with Crippen LogP contribution in [0.5, 0.6) is 0 Å². The Morgan fingerprint density at radius 3 is 2.87 bits per heavy atom. The fourth-order valence-electron chi connectivity index (χ4n) is 1.49. The molecule has 0 aliphatic carbocycles. The molecule has 0 bridgehead atoms. The van der Waals surface area contributed by atoms with Crippen LogP contribution < -0.4 is 0 Å². The van der Waals surface area contributed by atoms with Crippen molar-refractivity contribution < 1.29 is 4.79 Å². The molecule has 0 radical (unpaired) electrons. The summed E-state index contributed by atoms with van der Waals surface area (Å²) in [5.41, 5.74) is 0.508. The predicted molar refractivity (Wildman–Crippen MR) is 61.6 cm³/mol. The number of nitrogens with zero attached hydrogens (tertiary/aromatic N) is 2. The monoisotopic (exact) mass is 266 g/mol. The molecular weight excluding hydrogens is 256 g/mol. The van der Waals surface area contributed by atoms with E-state index in [4.69, 9.17) is 0 Å². The fraction of sp³-hybridized carbons (Fsp3) is 0.273. The van der Waals surface area contributed by atoms with Crippen LogP contribution in [-0.2, 0) is 0 Å². The molecule has 1 aromatic rings. The Labute approximate surface area is 96.9 Å². The van der Waals surface area contributed by atoms with Gasteiger partial charge in [0.15, 0.2) is 0 Å². The number of amides is 1. The van der Waals surface area contributed by atoms with Gasteiger partial charge in [-0.2, -0.15) is 0 Å². The van der Waals surface area contributed by atoms with Gasteiger partial charge >= 0.3 is 0 Å². The van der Waals surface area contributed by atoms with E-state index in [9.17, 15) is 4.79 Å². The molecule has 1 aromatic heterocycles. The summed E-state index contributed by atoms with van der Waals surface area (Å²) in [5, 5.41) is 0. The molecule has 1 amide bonds. The number of hydrogen-bond acceptors (Lipinski definition) is 2. The highest BCUT2D eigenvalue weighted by atomic mass is 79.9. The van der Waals surface area contributed by atoms with Crippen LogP contribution in [0.4, 0.5) is 0 Å². The Morgan fingerprint density at radius 2 is 2.27 bits per heavy atom. The summed E-state index contributed by atoms with van der Waals surface area (Å²) in [6.45, 7) is 1.48. The summed E-state index contributed by atoms with van der Waals surface area (Å²) >= 11 is 3.29. The first-order chi connectivity index (χ1) is 7.27. The molecule has 1 aliphatic rings. The Balaban J connectivity index is 2.13. The van der Waals surface area contributed by atoms with Gasteiger partial charge in [0.1, 0.15) is 5.69 Å². The van der Waals surface area contributed by atoms with Crippen LogP contribution in [0, 0.1) is 0 Å². The van der Waals surface area contributed by atoms with Crippen LogP contribution in [0.15, 0.2) is 35.0 Å². The first-order valence-electron chi connectivity index (χ1n) is 4.83. The average molecular weight is 267 g/mol. The molecule has 0 aromatic carbocycles. The summed E-state index contributed by atoms with van der Waals surface area (Å²) in [4.78, 5) is 17.8. The minimum Gasteiger partial charge on any atom is -0.333 e. The number of pyridine rings is 1. The molecule has 0 spiro atoms. The molecule has 78 valence electrons. The first kappa shape index (κ1) is 10.4. The lowest BCUT2D eigenvalue weighted by Crippen LogP contribution is -2.34. The predicted octanol–water partition coefficient (Wildman–Crippen LogP) is 2.25. The van der Waals surface area contributed by atoms with Gasteiger partial charge in [-0.15, -0.1) is 0 Å². The van der Waals surface area contributed by atoms with Crippen LogP contribution in [-0.4, -0.2) is 28.9 Å². The number of carbonyl (C=O) groups is 1. The lowest BCUT2D eigenvalue weighted by molar-refractivity contribution is 0.0765. The minimum atomic E-state index is 0.00634. The fourth-order valence-corrected chi connectivity index (χ4v) is 1.72. The lowest BCUT2D eigenvalue weighted by atomic mass is 10.2. The van der Waals surface area contributed by atoms with Gasteiger partial charge in [0.05, 0.1) is 0 Å². The van der Waals surface area contributed by atoms with Gasteiger partial charge in [0.2, 0.25) is 0 Å². The summed E-state index contributed by atoms with van der Waals surface area (Å²) in [7, 11) is 0. The molecule has 0 saturated heterocycles. The zero-order valence-corrected chi connectivity index (χ0v) is 9.77. The van der Waals surface area contributed by atoms with Gasteiger partial charge in [0.25, 0.3) is 5.91 Å². The lowest BCUT2D eigenvalue weighted by Gasteiger charge is -2.22. The minimum absolute atomic E-state index is 0.00634. The maximum atomic E-state index is 11.9. The third-order valence-electron chi connectivity index (χ3n) is 2.29. The summed E-state index contributed by atoms with van der Waals surface area (Å²) in [6.07, 6.45) is 6.69. The molecule has 0 atom stereocenters. The Morgan fingerprint density at radius 1 is 1.40 bits per heavy atom. The molecule has 0 fully saturated rings. The number of hydrogen-bond donors (Lipinski definition) is 0. The van der Waals surface area contributed by atoms with Crippen molar-refractivity contribution in [2.24, 2.45) is 0 Å². The average Bonchev–Trinajstić information content (AvgIpc) is 2.30. The molecule has 0 unspecified atom stereocenters. The molecular formula is C11H11BrN2O.